The standard InChI is InChI=1S/C16H19F3N2O3/c1-21(7-6-14(22)23)15(24)20-13-8-11(9-13)10-2-4-12(5-3-10)16(17,18)19/h2-5,11,13H,6-9H2,1H3,(H,20,24)(H,22,23). The van der Waals surface area contributed by atoms with E-state index in [4.69, 9.17) is 5.11 Å². The molecule has 0 aliphatic heterocycles. The summed E-state index contributed by atoms with van der Waals surface area (Å²) in [5.41, 5.74) is 0.156. The van der Waals surface area contributed by atoms with Crippen LogP contribution in [0.15, 0.2) is 24.3 Å². The van der Waals surface area contributed by atoms with Crippen LogP contribution in [0.3, 0.4) is 0 Å². The van der Waals surface area contributed by atoms with Crippen LogP contribution in [0.5, 0.6) is 0 Å². The second kappa shape index (κ2) is 7.11. The van der Waals surface area contributed by atoms with Crippen LogP contribution < -0.4 is 5.32 Å². The van der Waals surface area contributed by atoms with Gasteiger partial charge in [-0.05, 0) is 36.5 Å². The molecule has 132 valence electrons. The largest absolute Gasteiger partial charge is 0.481 e. The summed E-state index contributed by atoms with van der Waals surface area (Å²) < 4.78 is 37.6. The van der Waals surface area contributed by atoms with E-state index >= 15 is 0 Å². The van der Waals surface area contributed by atoms with E-state index in [9.17, 15) is 22.8 Å². The van der Waals surface area contributed by atoms with Crippen molar-refractivity contribution in [1.82, 2.24) is 10.2 Å². The summed E-state index contributed by atoms with van der Waals surface area (Å²) in [7, 11) is 1.52. The van der Waals surface area contributed by atoms with Crippen LogP contribution in [0.2, 0.25) is 0 Å². The monoisotopic (exact) mass is 344 g/mol. The number of nitrogens with zero attached hydrogens (tertiary/aromatic N) is 1. The lowest BCUT2D eigenvalue weighted by Gasteiger charge is -2.37. The number of urea groups is 1. The number of carboxylic acid groups (broad SMARTS) is 1. The van der Waals surface area contributed by atoms with Gasteiger partial charge in [0, 0.05) is 19.6 Å². The summed E-state index contributed by atoms with van der Waals surface area (Å²) in [6.07, 6.45) is -3.15. The maximum atomic E-state index is 12.5. The molecule has 0 radical (unpaired) electrons. The molecule has 0 unspecified atom stereocenters. The first kappa shape index (κ1) is 18.1. The minimum absolute atomic E-state index is 0.0444. The molecule has 0 spiro atoms. The van der Waals surface area contributed by atoms with E-state index in [0.29, 0.717) is 12.8 Å². The van der Waals surface area contributed by atoms with Crippen LogP contribution in [-0.4, -0.2) is 41.6 Å². The predicted octanol–water partition coefficient (Wildman–Crippen LogP) is 3.07. The fourth-order valence-electron chi connectivity index (χ4n) is 2.60. The van der Waals surface area contributed by atoms with Gasteiger partial charge in [0.1, 0.15) is 0 Å². The zero-order valence-electron chi connectivity index (χ0n) is 13.1. The molecule has 24 heavy (non-hydrogen) atoms. The maximum absolute atomic E-state index is 12.5. The van der Waals surface area contributed by atoms with Crippen molar-refractivity contribution in [2.24, 2.45) is 0 Å². The smallest absolute Gasteiger partial charge is 0.416 e. The molecule has 0 aromatic heterocycles. The molecule has 1 aliphatic rings. The lowest BCUT2D eigenvalue weighted by Crippen LogP contribution is -2.48. The first-order valence-corrected chi connectivity index (χ1v) is 7.57. The number of carbonyl (C=O) groups excluding carboxylic acids is 1. The average Bonchev–Trinajstić information content (AvgIpc) is 2.47. The molecule has 2 amide bonds. The first-order chi connectivity index (χ1) is 11.2. The molecule has 1 aromatic rings. The lowest BCUT2D eigenvalue weighted by atomic mass is 9.76. The third kappa shape index (κ3) is 4.62. The average molecular weight is 344 g/mol. The number of halogens is 3. The number of benzene rings is 1. The minimum Gasteiger partial charge on any atom is -0.481 e. The fraction of sp³-hybridized carbons (Fsp3) is 0.500. The molecule has 8 heteroatoms. The third-order valence-corrected chi connectivity index (χ3v) is 4.18. The Morgan fingerprint density at radius 3 is 2.33 bits per heavy atom. The molecule has 0 heterocycles. The SMILES string of the molecule is CN(CCC(=O)O)C(=O)NC1CC(c2ccc(C(F)(F)F)cc2)C1. The highest BCUT2D eigenvalue weighted by Crippen LogP contribution is 2.38. The predicted molar refractivity (Wildman–Crippen MR) is 80.6 cm³/mol. The van der Waals surface area contributed by atoms with Crippen molar-refractivity contribution < 1.29 is 27.9 Å². The van der Waals surface area contributed by atoms with Crippen LogP contribution in [-0.2, 0) is 11.0 Å². The van der Waals surface area contributed by atoms with Crippen molar-refractivity contribution in [3.63, 3.8) is 0 Å². The van der Waals surface area contributed by atoms with Crippen molar-refractivity contribution in [3.05, 3.63) is 35.4 Å². The van der Waals surface area contributed by atoms with E-state index in [0.717, 1.165) is 17.7 Å². The molecule has 0 atom stereocenters. The molecular formula is C16H19F3N2O3. The molecule has 0 saturated heterocycles. The molecule has 2 rings (SSSR count). The molecular weight excluding hydrogens is 325 g/mol. The van der Waals surface area contributed by atoms with Crippen molar-refractivity contribution in [3.8, 4) is 0 Å². The Balaban J connectivity index is 1.78. The van der Waals surface area contributed by atoms with Crippen molar-refractivity contribution >= 4 is 12.0 Å². The third-order valence-electron chi connectivity index (χ3n) is 4.18. The topological polar surface area (TPSA) is 69.6 Å². The van der Waals surface area contributed by atoms with Crippen LogP contribution in [0.25, 0.3) is 0 Å². The van der Waals surface area contributed by atoms with Gasteiger partial charge in [0.05, 0.1) is 12.0 Å². The van der Waals surface area contributed by atoms with Crippen LogP contribution in [0, 0.1) is 0 Å². The number of amides is 2. The van der Waals surface area contributed by atoms with Gasteiger partial charge in [-0.2, -0.15) is 13.2 Å². The summed E-state index contributed by atoms with van der Waals surface area (Å²) in [5, 5.41) is 11.4. The zero-order chi connectivity index (χ0) is 17.9. The summed E-state index contributed by atoms with van der Waals surface area (Å²) in [5.74, 6) is -0.845. The molecule has 2 N–H and O–H groups in total. The number of carbonyl (C=O) groups is 2. The van der Waals surface area contributed by atoms with Gasteiger partial charge in [-0.15, -0.1) is 0 Å². The van der Waals surface area contributed by atoms with Crippen molar-refractivity contribution in [2.45, 2.75) is 37.4 Å². The maximum Gasteiger partial charge on any atom is 0.416 e. The van der Waals surface area contributed by atoms with Gasteiger partial charge in [-0.1, -0.05) is 12.1 Å². The number of hydrogen-bond acceptors (Lipinski definition) is 2. The number of aliphatic carboxylic acids is 1. The number of nitrogens with one attached hydrogen (secondary N) is 1. The molecule has 1 aromatic carbocycles. The Labute approximate surface area is 137 Å². The summed E-state index contributed by atoms with van der Waals surface area (Å²) in [4.78, 5) is 23.6. The quantitative estimate of drug-likeness (QED) is 0.862. The summed E-state index contributed by atoms with van der Waals surface area (Å²) in [6, 6.07) is 4.71. The normalized spacial score (nSPS) is 20.2. The second-order valence-corrected chi connectivity index (χ2v) is 6.00. The fourth-order valence-corrected chi connectivity index (χ4v) is 2.60. The van der Waals surface area contributed by atoms with Crippen molar-refractivity contribution in [1.29, 1.82) is 0 Å². The second-order valence-electron chi connectivity index (χ2n) is 6.00. The van der Waals surface area contributed by atoms with Gasteiger partial charge < -0.3 is 15.3 Å². The molecule has 1 fully saturated rings. The number of rotatable bonds is 5. The Hall–Kier alpha value is -2.25. The van der Waals surface area contributed by atoms with E-state index in [1.807, 2.05) is 0 Å². The zero-order valence-corrected chi connectivity index (χ0v) is 13.1. The van der Waals surface area contributed by atoms with Gasteiger partial charge in [-0.3, -0.25) is 4.79 Å². The Bertz CT molecular complexity index is 596. The van der Waals surface area contributed by atoms with Crippen LogP contribution >= 0.6 is 0 Å². The molecule has 0 bridgehead atoms. The summed E-state index contributed by atoms with van der Waals surface area (Å²) in [6.45, 7) is 0.121. The number of carboxylic acids is 1. The number of alkyl halides is 3. The van der Waals surface area contributed by atoms with Gasteiger partial charge >= 0.3 is 18.2 Å². The Morgan fingerprint density at radius 2 is 1.83 bits per heavy atom. The van der Waals surface area contributed by atoms with E-state index in [1.54, 1.807) is 0 Å². The summed E-state index contributed by atoms with van der Waals surface area (Å²) >= 11 is 0. The van der Waals surface area contributed by atoms with Crippen molar-refractivity contribution in [2.75, 3.05) is 13.6 Å². The lowest BCUT2D eigenvalue weighted by molar-refractivity contribution is -0.138. The van der Waals surface area contributed by atoms with Gasteiger partial charge in [-0.25, -0.2) is 4.79 Å². The van der Waals surface area contributed by atoms with E-state index in [1.165, 1.54) is 24.1 Å². The molecule has 5 nitrogen and oxygen atoms in total. The van der Waals surface area contributed by atoms with Crippen LogP contribution in [0.1, 0.15) is 36.3 Å². The van der Waals surface area contributed by atoms with E-state index in [2.05, 4.69) is 5.32 Å². The highest BCUT2D eigenvalue weighted by molar-refractivity contribution is 5.75. The minimum atomic E-state index is -4.34. The first-order valence-electron chi connectivity index (χ1n) is 7.57. The number of hydrogen-bond donors (Lipinski definition) is 2. The van der Waals surface area contributed by atoms with Gasteiger partial charge in [0.15, 0.2) is 0 Å². The van der Waals surface area contributed by atoms with E-state index in [-0.39, 0.29) is 31.0 Å². The van der Waals surface area contributed by atoms with Gasteiger partial charge in [0.25, 0.3) is 0 Å². The molecule has 1 aliphatic carbocycles. The Kier molecular flexibility index (Phi) is 5.36. The molecule has 1 saturated carbocycles. The van der Waals surface area contributed by atoms with E-state index < -0.39 is 17.7 Å². The van der Waals surface area contributed by atoms with Crippen LogP contribution in [0.4, 0.5) is 18.0 Å². The van der Waals surface area contributed by atoms with Gasteiger partial charge in [0.2, 0.25) is 0 Å². The highest BCUT2D eigenvalue weighted by atomic mass is 19.4. The Morgan fingerprint density at radius 1 is 1.25 bits per heavy atom. The highest BCUT2D eigenvalue weighted by Gasteiger charge is 2.34.